The smallest absolute Gasteiger partial charge is 0.178 e. The van der Waals surface area contributed by atoms with Gasteiger partial charge < -0.3 is 9.47 Å². The SMILES string of the molecule is c1ccc(-c2nc(-c3cccc(-c4cccc5c4Oc4c(ccc6c4-c4ccccc4C6(c4ccccc4)c4ccccc4)O5)c3)nc(-c3ccc4c(ccc5ccccc54)c3)n2)cc1. The fourth-order valence-electron chi connectivity index (χ4n) is 10.1. The molecule has 1 aliphatic heterocycles. The summed E-state index contributed by atoms with van der Waals surface area (Å²) in [7, 11) is 0. The predicted molar refractivity (Wildman–Crippen MR) is 260 cm³/mol. The van der Waals surface area contributed by atoms with E-state index in [0.29, 0.717) is 40.5 Å². The lowest BCUT2D eigenvalue weighted by atomic mass is 9.68. The van der Waals surface area contributed by atoms with Crippen LogP contribution >= 0.6 is 0 Å². The molecule has 0 saturated carbocycles. The number of hydrogen-bond donors (Lipinski definition) is 0. The van der Waals surface area contributed by atoms with Gasteiger partial charge in [-0.1, -0.05) is 200 Å². The largest absolute Gasteiger partial charge is 0.449 e. The maximum Gasteiger partial charge on any atom is 0.178 e. The summed E-state index contributed by atoms with van der Waals surface area (Å²) in [5.74, 6) is 4.49. The predicted octanol–water partition coefficient (Wildman–Crippen LogP) is 15.1. The van der Waals surface area contributed by atoms with Gasteiger partial charge in [-0.15, -0.1) is 0 Å². The van der Waals surface area contributed by atoms with Crippen molar-refractivity contribution >= 4 is 21.5 Å². The Morgan fingerprint density at radius 1 is 0.323 bits per heavy atom. The Balaban J connectivity index is 0.936. The van der Waals surface area contributed by atoms with E-state index in [9.17, 15) is 0 Å². The first-order valence-corrected chi connectivity index (χ1v) is 21.9. The molecular weight excluding hydrogens is 795 g/mol. The Morgan fingerprint density at radius 3 is 1.68 bits per heavy atom. The van der Waals surface area contributed by atoms with Gasteiger partial charge >= 0.3 is 0 Å². The lowest BCUT2D eigenvalue weighted by molar-refractivity contribution is 0.361. The van der Waals surface area contributed by atoms with E-state index in [1.807, 2.05) is 42.5 Å². The van der Waals surface area contributed by atoms with Crippen LogP contribution in [0.15, 0.2) is 224 Å². The Labute approximate surface area is 375 Å². The molecule has 2 heterocycles. The summed E-state index contributed by atoms with van der Waals surface area (Å²) in [4.78, 5) is 15.3. The molecule has 13 rings (SSSR count). The molecule has 0 amide bonds. The van der Waals surface area contributed by atoms with Gasteiger partial charge in [0.15, 0.2) is 40.5 Å². The Morgan fingerprint density at radius 2 is 0.892 bits per heavy atom. The van der Waals surface area contributed by atoms with Crippen molar-refractivity contribution in [2.24, 2.45) is 0 Å². The van der Waals surface area contributed by atoms with Crippen LogP contribution in [0.25, 0.3) is 78.0 Å². The topological polar surface area (TPSA) is 57.1 Å². The Bertz CT molecular complexity index is 3620. The summed E-state index contributed by atoms with van der Waals surface area (Å²) < 4.78 is 14.0. The van der Waals surface area contributed by atoms with Gasteiger partial charge in [-0.25, -0.2) is 15.0 Å². The summed E-state index contributed by atoms with van der Waals surface area (Å²) in [5.41, 5.74) is 10.9. The molecular formula is C60H37N3O2. The van der Waals surface area contributed by atoms with Crippen LogP contribution in [0.5, 0.6) is 23.0 Å². The third-order valence-corrected chi connectivity index (χ3v) is 13.0. The molecule has 2 aliphatic rings. The van der Waals surface area contributed by atoms with Crippen LogP contribution < -0.4 is 9.47 Å². The summed E-state index contributed by atoms with van der Waals surface area (Å²) in [6, 6.07) is 78.4. The molecule has 1 aliphatic carbocycles. The summed E-state index contributed by atoms with van der Waals surface area (Å²) in [6.45, 7) is 0. The van der Waals surface area contributed by atoms with Crippen LogP contribution in [0.3, 0.4) is 0 Å². The number of para-hydroxylation sites is 1. The monoisotopic (exact) mass is 831 g/mol. The zero-order chi connectivity index (χ0) is 42.9. The summed E-state index contributed by atoms with van der Waals surface area (Å²) in [5, 5.41) is 4.75. The van der Waals surface area contributed by atoms with Crippen molar-refractivity contribution in [3.05, 3.63) is 247 Å². The third kappa shape index (κ3) is 5.83. The van der Waals surface area contributed by atoms with Crippen molar-refractivity contribution in [3.63, 3.8) is 0 Å². The van der Waals surface area contributed by atoms with Gasteiger partial charge in [0.25, 0.3) is 0 Å². The normalized spacial score (nSPS) is 13.0. The van der Waals surface area contributed by atoms with Crippen LogP contribution in [0, 0.1) is 0 Å². The highest BCUT2D eigenvalue weighted by Gasteiger charge is 2.48. The average molecular weight is 832 g/mol. The van der Waals surface area contributed by atoms with Crippen LogP contribution in [0.2, 0.25) is 0 Å². The van der Waals surface area contributed by atoms with Gasteiger partial charge in [-0.2, -0.15) is 0 Å². The Kier molecular flexibility index (Phi) is 8.36. The highest BCUT2D eigenvalue weighted by molar-refractivity contribution is 6.08. The van der Waals surface area contributed by atoms with E-state index in [0.717, 1.165) is 49.9 Å². The lowest BCUT2D eigenvalue weighted by Gasteiger charge is -2.34. The van der Waals surface area contributed by atoms with Crippen molar-refractivity contribution < 1.29 is 9.47 Å². The minimum absolute atomic E-state index is 0.565. The number of fused-ring (bicyclic) bond motifs is 9. The maximum atomic E-state index is 7.22. The molecule has 0 fully saturated rings. The van der Waals surface area contributed by atoms with Crippen LogP contribution in [-0.2, 0) is 5.41 Å². The molecule has 0 unspecified atom stereocenters. The summed E-state index contributed by atoms with van der Waals surface area (Å²) in [6.07, 6.45) is 0. The number of ether oxygens (including phenoxy) is 2. The van der Waals surface area contributed by atoms with Gasteiger partial charge in [0.05, 0.1) is 5.41 Å². The number of benzene rings is 10. The first-order valence-electron chi connectivity index (χ1n) is 21.9. The van der Waals surface area contributed by atoms with Gasteiger partial charge in [0.1, 0.15) is 0 Å². The fraction of sp³-hybridized carbons (Fsp3) is 0.0167. The molecule has 0 saturated heterocycles. The lowest BCUT2D eigenvalue weighted by Crippen LogP contribution is -2.28. The van der Waals surface area contributed by atoms with E-state index in [2.05, 4.69) is 182 Å². The quantitative estimate of drug-likeness (QED) is 0.156. The van der Waals surface area contributed by atoms with Crippen molar-refractivity contribution in [2.45, 2.75) is 5.41 Å². The maximum absolute atomic E-state index is 7.22. The van der Waals surface area contributed by atoms with E-state index in [1.165, 1.54) is 32.8 Å². The molecule has 5 nitrogen and oxygen atoms in total. The summed E-state index contributed by atoms with van der Waals surface area (Å²) >= 11 is 0. The van der Waals surface area contributed by atoms with Gasteiger partial charge in [-0.05, 0) is 79.2 Å². The number of rotatable bonds is 6. The highest BCUT2D eigenvalue weighted by Crippen LogP contribution is 2.63. The second-order valence-corrected chi connectivity index (χ2v) is 16.7. The standard InChI is InChI=1S/C60H37N3O2/c1-4-17-39(18-5-1)57-61-58(63-59(62-57)43-32-33-47-41(37-43)31-30-38-16-10-11-25-46(38)47)42-20-14-19-40(36-42)48-27-15-29-52-55(48)65-56-53(64-52)35-34-51-54(56)49-26-12-13-28-50(49)60(51,44-21-6-2-7-22-44)45-23-8-3-9-24-45/h1-37H. The zero-order valence-corrected chi connectivity index (χ0v) is 35.0. The Hall–Kier alpha value is -8.67. The van der Waals surface area contributed by atoms with E-state index in [-0.39, 0.29) is 0 Å². The van der Waals surface area contributed by atoms with Crippen LogP contribution in [0.1, 0.15) is 22.3 Å². The molecule has 11 aromatic rings. The number of nitrogens with zero attached hydrogens (tertiary/aromatic N) is 3. The molecule has 0 atom stereocenters. The van der Waals surface area contributed by atoms with E-state index in [1.54, 1.807) is 0 Å². The fourth-order valence-corrected chi connectivity index (χ4v) is 10.1. The second-order valence-electron chi connectivity index (χ2n) is 16.7. The molecule has 1 aromatic heterocycles. The average Bonchev–Trinajstić information content (AvgIpc) is 3.70. The second kappa shape index (κ2) is 14.7. The molecule has 65 heavy (non-hydrogen) atoms. The van der Waals surface area contributed by atoms with Crippen LogP contribution in [0.4, 0.5) is 0 Å². The van der Waals surface area contributed by atoms with Gasteiger partial charge in [0, 0.05) is 27.8 Å². The van der Waals surface area contributed by atoms with Crippen LogP contribution in [-0.4, -0.2) is 15.0 Å². The minimum Gasteiger partial charge on any atom is -0.449 e. The third-order valence-electron chi connectivity index (χ3n) is 13.0. The van der Waals surface area contributed by atoms with E-state index >= 15 is 0 Å². The van der Waals surface area contributed by atoms with E-state index < -0.39 is 5.41 Å². The van der Waals surface area contributed by atoms with E-state index in [4.69, 9.17) is 24.4 Å². The molecule has 5 heteroatoms. The van der Waals surface area contributed by atoms with Crippen molar-refractivity contribution in [1.82, 2.24) is 15.0 Å². The van der Waals surface area contributed by atoms with Gasteiger partial charge in [-0.3, -0.25) is 0 Å². The molecule has 304 valence electrons. The minimum atomic E-state index is -0.565. The molecule has 10 aromatic carbocycles. The van der Waals surface area contributed by atoms with Crippen molar-refractivity contribution in [2.75, 3.05) is 0 Å². The zero-order valence-electron chi connectivity index (χ0n) is 35.0. The highest BCUT2D eigenvalue weighted by atomic mass is 16.6. The van der Waals surface area contributed by atoms with Crippen molar-refractivity contribution in [1.29, 1.82) is 0 Å². The first-order chi connectivity index (χ1) is 32.2. The molecule has 0 radical (unpaired) electrons. The van der Waals surface area contributed by atoms with Gasteiger partial charge in [0.2, 0.25) is 0 Å². The molecule has 0 bridgehead atoms. The molecule has 0 N–H and O–H groups in total. The van der Waals surface area contributed by atoms with Crippen molar-refractivity contribution in [3.8, 4) is 79.4 Å². The number of hydrogen-bond acceptors (Lipinski definition) is 5. The molecule has 0 spiro atoms. The number of aromatic nitrogens is 3. The first kappa shape index (κ1) is 36.9.